The molecule has 0 amide bonds. The number of hydrogen-bond donors (Lipinski definition) is 2. The van der Waals surface area contributed by atoms with E-state index in [1.54, 1.807) is 0 Å². The predicted octanol–water partition coefficient (Wildman–Crippen LogP) is 5.12. The van der Waals surface area contributed by atoms with Crippen LogP contribution in [0.15, 0.2) is 42.5 Å². The molecule has 4 rings (SSSR count). The number of aryl methyl sites for hydroxylation is 1. The van der Waals surface area contributed by atoms with Gasteiger partial charge in [-0.05, 0) is 87.0 Å². The Balaban J connectivity index is 1.38. The fourth-order valence-electron chi connectivity index (χ4n) is 3.85. The first-order valence-corrected chi connectivity index (χ1v) is 10.2. The molecule has 1 saturated heterocycles. The minimum atomic E-state index is 0.420. The second-order valence-corrected chi connectivity index (χ2v) is 7.78. The van der Waals surface area contributed by atoms with E-state index in [-0.39, 0.29) is 0 Å². The predicted molar refractivity (Wildman–Crippen MR) is 110 cm³/mol. The Kier molecular flexibility index (Phi) is 5.95. The lowest BCUT2D eigenvalue weighted by atomic mass is 9.93. The van der Waals surface area contributed by atoms with Crippen molar-refractivity contribution in [3.05, 3.63) is 58.9 Å². The molecule has 142 valence electrons. The Morgan fingerprint density at radius 2 is 2.04 bits per heavy atom. The van der Waals surface area contributed by atoms with Gasteiger partial charge in [-0.3, -0.25) is 0 Å². The smallest absolute Gasteiger partial charge is 0.146 e. The molecular weight excluding hydrogens is 358 g/mol. The number of hydrogen-bond acceptors (Lipinski definition) is 3. The van der Waals surface area contributed by atoms with Gasteiger partial charge in [-0.1, -0.05) is 23.7 Å². The van der Waals surface area contributed by atoms with Crippen molar-refractivity contribution in [2.45, 2.75) is 38.7 Å². The number of imidazole rings is 1. The number of rotatable bonds is 7. The van der Waals surface area contributed by atoms with E-state index < -0.39 is 0 Å². The molecule has 2 N–H and O–H groups in total. The molecule has 1 fully saturated rings. The largest absolute Gasteiger partial charge is 0.486 e. The zero-order valence-corrected chi connectivity index (χ0v) is 16.3. The lowest BCUT2D eigenvalue weighted by Gasteiger charge is -2.22. The SMILES string of the molecule is Clc1ccc(OCc2nc3c(CCCC4CCCNC4)cccc3[nH]2)cc1. The van der Waals surface area contributed by atoms with Crippen LogP contribution in [-0.2, 0) is 13.0 Å². The number of halogens is 1. The molecule has 0 aliphatic carbocycles. The maximum absolute atomic E-state index is 5.91. The second kappa shape index (κ2) is 8.77. The molecule has 0 saturated carbocycles. The second-order valence-electron chi connectivity index (χ2n) is 7.34. The first-order valence-electron chi connectivity index (χ1n) is 9.83. The third kappa shape index (κ3) is 4.82. The van der Waals surface area contributed by atoms with E-state index in [9.17, 15) is 0 Å². The summed E-state index contributed by atoms with van der Waals surface area (Å²) in [5.74, 6) is 2.48. The van der Waals surface area contributed by atoms with Gasteiger partial charge in [-0.15, -0.1) is 0 Å². The molecule has 1 aliphatic rings. The standard InChI is InChI=1S/C22H26ClN3O/c23-18-9-11-19(12-10-18)27-15-21-25-20-8-2-7-17(22(20)26-21)6-1-4-16-5-3-13-24-14-16/h2,7-12,16,24H,1,3-6,13-15H2,(H,25,26). The highest BCUT2D eigenvalue weighted by molar-refractivity contribution is 6.30. The fourth-order valence-corrected chi connectivity index (χ4v) is 3.97. The Morgan fingerprint density at radius 1 is 1.15 bits per heavy atom. The van der Waals surface area contributed by atoms with Crippen LogP contribution in [0.2, 0.25) is 5.02 Å². The molecule has 27 heavy (non-hydrogen) atoms. The fraction of sp³-hybridized carbons (Fsp3) is 0.409. The molecule has 3 aromatic rings. The Bertz CT molecular complexity index is 869. The van der Waals surface area contributed by atoms with Crippen molar-refractivity contribution in [1.29, 1.82) is 0 Å². The number of para-hydroxylation sites is 1. The molecule has 5 heteroatoms. The first-order chi connectivity index (χ1) is 13.3. The minimum Gasteiger partial charge on any atom is -0.486 e. The number of ether oxygens (including phenoxy) is 1. The van der Waals surface area contributed by atoms with Gasteiger partial charge in [0, 0.05) is 5.02 Å². The topological polar surface area (TPSA) is 49.9 Å². The van der Waals surface area contributed by atoms with Crippen molar-refractivity contribution in [3.63, 3.8) is 0 Å². The summed E-state index contributed by atoms with van der Waals surface area (Å²) in [5, 5.41) is 4.22. The van der Waals surface area contributed by atoms with Gasteiger partial charge in [0.25, 0.3) is 0 Å². The first kappa shape index (κ1) is 18.3. The highest BCUT2D eigenvalue weighted by Gasteiger charge is 2.13. The lowest BCUT2D eigenvalue weighted by molar-refractivity contribution is 0.297. The van der Waals surface area contributed by atoms with Crippen LogP contribution in [0.1, 0.15) is 37.1 Å². The van der Waals surface area contributed by atoms with Gasteiger partial charge in [-0.25, -0.2) is 4.98 Å². The molecule has 0 bridgehead atoms. The summed E-state index contributed by atoms with van der Waals surface area (Å²) >= 11 is 5.91. The van der Waals surface area contributed by atoms with Crippen LogP contribution in [0.3, 0.4) is 0 Å². The maximum atomic E-state index is 5.91. The van der Waals surface area contributed by atoms with Crippen LogP contribution in [-0.4, -0.2) is 23.1 Å². The monoisotopic (exact) mass is 383 g/mol. The van der Waals surface area contributed by atoms with Gasteiger partial charge in [-0.2, -0.15) is 0 Å². The maximum Gasteiger partial charge on any atom is 0.146 e. The number of benzene rings is 2. The van der Waals surface area contributed by atoms with Crippen LogP contribution in [0, 0.1) is 5.92 Å². The molecule has 1 aromatic heterocycles. The van der Waals surface area contributed by atoms with E-state index >= 15 is 0 Å². The number of H-pyrrole nitrogens is 1. The van der Waals surface area contributed by atoms with Crippen LogP contribution < -0.4 is 10.1 Å². The third-order valence-electron chi connectivity index (χ3n) is 5.29. The summed E-state index contributed by atoms with van der Waals surface area (Å²) in [6.07, 6.45) is 6.27. The summed E-state index contributed by atoms with van der Waals surface area (Å²) in [5.41, 5.74) is 3.49. The summed E-state index contributed by atoms with van der Waals surface area (Å²) in [6.45, 7) is 2.78. The van der Waals surface area contributed by atoms with Crippen LogP contribution in [0.5, 0.6) is 5.75 Å². The zero-order chi connectivity index (χ0) is 18.5. The zero-order valence-electron chi connectivity index (χ0n) is 15.5. The number of fused-ring (bicyclic) bond motifs is 1. The van der Waals surface area contributed by atoms with Gasteiger partial charge in [0.15, 0.2) is 0 Å². The number of aromatic amines is 1. The molecule has 1 atom stereocenters. The van der Waals surface area contributed by atoms with Crippen molar-refractivity contribution < 1.29 is 4.74 Å². The minimum absolute atomic E-state index is 0.420. The van der Waals surface area contributed by atoms with Gasteiger partial charge < -0.3 is 15.0 Å². The molecular formula is C22H26ClN3O. The normalized spacial score (nSPS) is 17.3. The number of nitrogens with one attached hydrogen (secondary N) is 2. The molecule has 0 spiro atoms. The van der Waals surface area contributed by atoms with E-state index in [0.29, 0.717) is 11.6 Å². The quantitative estimate of drug-likeness (QED) is 0.595. The summed E-state index contributed by atoms with van der Waals surface area (Å²) < 4.78 is 5.82. The number of piperidine rings is 1. The van der Waals surface area contributed by atoms with Crippen molar-refractivity contribution >= 4 is 22.6 Å². The molecule has 2 heterocycles. The Hall–Kier alpha value is -2.04. The van der Waals surface area contributed by atoms with E-state index in [4.69, 9.17) is 21.3 Å². The molecule has 2 aromatic carbocycles. The molecule has 4 nitrogen and oxygen atoms in total. The average Bonchev–Trinajstić information content (AvgIpc) is 3.12. The van der Waals surface area contributed by atoms with Crippen molar-refractivity contribution in [2.24, 2.45) is 5.92 Å². The Morgan fingerprint density at radius 3 is 2.85 bits per heavy atom. The molecule has 0 radical (unpaired) electrons. The van der Waals surface area contributed by atoms with Crippen molar-refractivity contribution in [2.75, 3.05) is 13.1 Å². The number of nitrogens with zero attached hydrogens (tertiary/aromatic N) is 1. The van der Waals surface area contributed by atoms with Crippen molar-refractivity contribution in [1.82, 2.24) is 15.3 Å². The Labute approximate surface area is 165 Å². The number of aromatic nitrogens is 2. The van der Waals surface area contributed by atoms with Gasteiger partial charge in [0.2, 0.25) is 0 Å². The summed E-state index contributed by atoms with van der Waals surface area (Å²) in [6, 6.07) is 13.8. The van der Waals surface area contributed by atoms with E-state index in [1.165, 1.54) is 44.3 Å². The van der Waals surface area contributed by atoms with E-state index in [2.05, 4.69) is 28.5 Å². The van der Waals surface area contributed by atoms with Crippen LogP contribution in [0.4, 0.5) is 0 Å². The van der Waals surface area contributed by atoms with Crippen molar-refractivity contribution in [3.8, 4) is 5.75 Å². The summed E-state index contributed by atoms with van der Waals surface area (Å²) in [7, 11) is 0. The summed E-state index contributed by atoms with van der Waals surface area (Å²) in [4.78, 5) is 8.18. The molecule has 1 aliphatic heterocycles. The van der Waals surface area contributed by atoms with E-state index in [1.807, 2.05) is 24.3 Å². The third-order valence-corrected chi connectivity index (χ3v) is 5.54. The van der Waals surface area contributed by atoms with Crippen LogP contribution in [0.25, 0.3) is 11.0 Å². The highest BCUT2D eigenvalue weighted by Crippen LogP contribution is 2.22. The highest BCUT2D eigenvalue weighted by atomic mass is 35.5. The van der Waals surface area contributed by atoms with Crippen LogP contribution >= 0.6 is 11.6 Å². The van der Waals surface area contributed by atoms with Gasteiger partial charge >= 0.3 is 0 Å². The van der Waals surface area contributed by atoms with Gasteiger partial charge in [0.05, 0.1) is 11.0 Å². The average molecular weight is 384 g/mol. The van der Waals surface area contributed by atoms with E-state index in [0.717, 1.165) is 34.9 Å². The molecule has 1 unspecified atom stereocenters. The van der Waals surface area contributed by atoms with Gasteiger partial charge in [0.1, 0.15) is 18.2 Å². The lowest BCUT2D eigenvalue weighted by Crippen LogP contribution is -2.29.